The van der Waals surface area contributed by atoms with Crippen molar-refractivity contribution in [3.05, 3.63) is 34.9 Å². The van der Waals surface area contributed by atoms with Gasteiger partial charge in [-0.2, -0.15) is 0 Å². The molecule has 0 spiro atoms. The summed E-state index contributed by atoms with van der Waals surface area (Å²) in [5, 5.41) is 10.5. The molecule has 2 fully saturated rings. The molecule has 1 unspecified atom stereocenters. The highest BCUT2D eigenvalue weighted by Gasteiger charge is 2.58. The molecule has 0 aromatic heterocycles. The van der Waals surface area contributed by atoms with Gasteiger partial charge < -0.3 is 5.11 Å². The molecule has 2 heteroatoms. The van der Waals surface area contributed by atoms with Crippen LogP contribution in [0, 0.1) is 12.3 Å². The molecule has 0 radical (unpaired) electrons. The van der Waals surface area contributed by atoms with E-state index in [9.17, 15) is 5.11 Å². The zero-order valence-electron chi connectivity index (χ0n) is 15.2. The Morgan fingerprint density at radius 3 is 2.61 bits per heavy atom. The van der Waals surface area contributed by atoms with Crippen molar-refractivity contribution in [2.24, 2.45) is 5.41 Å². The molecule has 0 amide bonds. The van der Waals surface area contributed by atoms with E-state index in [1.165, 1.54) is 18.4 Å². The summed E-state index contributed by atoms with van der Waals surface area (Å²) >= 11 is 0. The largest absolute Gasteiger partial charge is 0.389 e. The number of hydrogen-bond acceptors (Lipinski definition) is 2. The first kappa shape index (κ1) is 15.7. The normalized spacial score (nSPS) is 34.0. The Balaban J connectivity index is 1.79. The lowest BCUT2D eigenvalue weighted by molar-refractivity contribution is -0.0664. The SMILES string of the molecule is CC[C@@]12CCN(CC3(O)CC3)C(Cc3ccc(C)cc31)C2(C)C. The van der Waals surface area contributed by atoms with Gasteiger partial charge in [0.25, 0.3) is 0 Å². The van der Waals surface area contributed by atoms with Gasteiger partial charge in [0.2, 0.25) is 0 Å². The lowest BCUT2D eigenvalue weighted by Crippen LogP contribution is -2.65. The van der Waals surface area contributed by atoms with Gasteiger partial charge in [0, 0.05) is 18.0 Å². The third kappa shape index (κ3) is 2.14. The maximum atomic E-state index is 10.5. The van der Waals surface area contributed by atoms with E-state index in [4.69, 9.17) is 0 Å². The van der Waals surface area contributed by atoms with Crippen molar-refractivity contribution in [2.75, 3.05) is 13.1 Å². The number of piperidine rings is 1. The summed E-state index contributed by atoms with van der Waals surface area (Å²) in [6, 6.07) is 7.65. The fourth-order valence-electron chi connectivity index (χ4n) is 5.67. The quantitative estimate of drug-likeness (QED) is 0.917. The van der Waals surface area contributed by atoms with Gasteiger partial charge in [-0.25, -0.2) is 0 Å². The van der Waals surface area contributed by atoms with E-state index in [1.54, 1.807) is 11.1 Å². The minimum Gasteiger partial charge on any atom is -0.389 e. The molecule has 126 valence electrons. The van der Waals surface area contributed by atoms with Crippen molar-refractivity contribution >= 4 is 0 Å². The Hall–Kier alpha value is -0.860. The second-order valence-corrected chi connectivity index (χ2v) is 8.98. The van der Waals surface area contributed by atoms with Crippen LogP contribution in [0.2, 0.25) is 0 Å². The van der Waals surface area contributed by atoms with Crippen LogP contribution in [0.3, 0.4) is 0 Å². The first-order valence-corrected chi connectivity index (χ1v) is 9.38. The Bertz CT molecular complexity index is 631. The van der Waals surface area contributed by atoms with Crippen molar-refractivity contribution in [1.29, 1.82) is 0 Å². The monoisotopic (exact) mass is 313 g/mol. The minimum atomic E-state index is -0.379. The lowest BCUT2D eigenvalue weighted by atomic mass is 9.49. The molecule has 1 aromatic carbocycles. The molecule has 23 heavy (non-hydrogen) atoms. The smallest absolute Gasteiger partial charge is 0.0776 e. The molecule has 1 aliphatic heterocycles. The molecular weight excluding hydrogens is 282 g/mol. The highest BCUT2D eigenvalue weighted by atomic mass is 16.3. The van der Waals surface area contributed by atoms with Crippen molar-refractivity contribution in [1.82, 2.24) is 4.90 Å². The molecule has 3 aliphatic rings. The second kappa shape index (κ2) is 4.83. The van der Waals surface area contributed by atoms with Gasteiger partial charge in [-0.15, -0.1) is 0 Å². The summed E-state index contributed by atoms with van der Waals surface area (Å²) in [6.07, 6.45) is 5.56. The van der Waals surface area contributed by atoms with E-state index in [1.807, 2.05) is 0 Å². The highest BCUT2D eigenvalue weighted by molar-refractivity contribution is 5.44. The number of rotatable bonds is 3. The molecular formula is C21H31NO. The first-order chi connectivity index (χ1) is 10.8. The van der Waals surface area contributed by atoms with Crippen LogP contribution in [0.4, 0.5) is 0 Å². The number of β-amino-alcohol motifs (C(OH)–C–C–N with tert-alkyl or cyclic N) is 1. The fraction of sp³-hybridized carbons (Fsp3) is 0.714. The molecule has 2 bridgehead atoms. The number of hydrogen-bond donors (Lipinski definition) is 1. The van der Waals surface area contributed by atoms with Gasteiger partial charge >= 0.3 is 0 Å². The van der Waals surface area contributed by atoms with Crippen LogP contribution in [-0.2, 0) is 11.8 Å². The van der Waals surface area contributed by atoms with E-state index in [0.29, 0.717) is 11.5 Å². The number of likely N-dealkylation sites (tertiary alicyclic amines) is 1. The maximum absolute atomic E-state index is 10.5. The third-order valence-electron chi connectivity index (χ3n) is 7.46. The van der Waals surface area contributed by atoms with Gasteiger partial charge in [0.15, 0.2) is 0 Å². The standard InChI is InChI=1S/C21H31NO/c1-5-21-10-11-22(14-20(23)8-9-20)18(19(21,3)4)13-16-7-6-15(2)12-17(16)21/h6-7,12,18,23H,5,8-11,13-14H2,1-4H3/t18?,21-/m1/s1. The van der Waals surface area contributed by atoms with Crippen LogP contribution in [0.15, 0.2) is 18.2 Å². The lowest BCUT2D eigenvalue weighted by Gasteiger charge is -2.62. The summed E-state index contributed by atoms with van der Waals surface area (Å²) in [5.74, 6) is 0. The molecule has 4 rings (SSSR count). The van der Waals surface area contributed by atoms with Gasteiger partial charge in [-0.1, -0.05) is 44.5 Å². The second-order valence-electron chi connectivity index (χ2n) is 8.98. The zero-order chi connectivity index (χ0) is 16.5. The Labute approximate surface area is 140 Å². The average Bonchev–Trinajstić information content (AvgIpc) is 3.21. The van der Waals surface area contributed by atoms with Crippen LogP contribution in [0.25, 0.3) is 0 Å². The van der Waals surface area contributed by atoms with Crippen LogP contribution >= 0.6 is 0 Å². The summed E-state index contributed by atoms with van der Waals surface area (Å²) in [5.41, 5.74) is 4.72. The summed E-state index contributed by atoms with van der Waals surface area (Å²) in [6.45, 7) is 11.6. The van der Waals surface area contributed by atoms with Crippen LogP contribution in [0.5, 0.6) is 0 Å². The summed E-state index contributed by atoms with van der Waals surface area (Å²) in [4.78, 5) is 2.61. The van der Waals surface area contributed by atoms with Crippen LogP contribution in [-0.4, -0.2) is 34.7 Å². The number of nitrogens with zero attached hydrogens (tertiary/aromatic N) is 1. The van der Waals surface area contributed by atoms with Crippen molar-refractivity contribution in [2.45, 2.75) is 76.9 Å². The molecule has 1 heterocycles. The zero-order valence-corrected chi connectivity index (χ0v) is 15.2. The molecule has 1 saturated carbocycles. The van der Waals surface area contributed by atoms with E-state index < -0.39 is 0 Å². The highest BCUT2D eigenvalue weighted by Crippen LogP contribution is 2.58. The van der Waals surface area contributed by atoms with Gasteiger partial charge in [-0.05, 0) is 62.1 Å². The topological polar surface area (TPSA) is 23.5 Å². The number of aryl methyl sites for hydroxylation is 1. The van der Waals surface area contributed by atoms with E-state index >= 15 is 0 Å². The fourth-order valence-corrected chi connectivity index (χ4v) is 5.67. The predicted molar refractivity (Wildman–Crippen MR) is 94.8 cm³/mol. The van der Waals surface area contributed by atoms with E-state index in [0.717, 1.165) is 32.4 Å². The number of aliphatic hydroxyl groups is 1. The maximum Gasteiger partial charge on any atom is 0.0776 e. The van der Waals surface area contributed by atoms with Crippen LogP contribution < -0.4 is 0 Å². The van der Waals surface area contributed by atoms with E-state index in [-0.39, 0.29) is 11.0 Å². The Kier molecular flexibility index (Phi) is 3.29. The molecule has 2 nitrogen and oxygen atoms in total. The summed E-state index contributed by atoms with van der Waals surface area (Å²) < 4.78 is 0. The van der Waals surface area contributed by atoms with Crippen molar-refractivity contribution in [3.63, 3.8) is 0 Å². The van der Waals surface area contributed by atoms with Crippen molar-refractivity contribution < 1.29 is 5.11 Å². The summed E-state index contributed by atoms with van der Waals surface area (Å²) in [7, 11) is 0. The third-order valence-corrected chi connectivity index (χ3v) is 7.46. The number of fused-ring (bicyclic) bond motifs is 4. The number of benzene rings is 1. The van der Waals surface area contributed by atoms with Crippen molar-refractivity contribution in [3.8, 4) is 0 Å². The first-order valence-electron chi connectivity index (χ1n) is 9.38. The van der Waals surface area contributed by atoms with Gasteiger partial charge in [-0.3, -0.25) is 4.90 Å². The molecule has 1 aromatic rings. The Morgan fingerprint density at radius 2 is 1.96 bits per heavy atom. The predicted octanol–water partition coefficient (Wildman–Crippen LogP) is 3.82. The van der Waals surface area contributed by atoms with Gasteiger partial charge in [0.1, 0.15) is 0 Å². The molecule has 2 aliphatic carbocycles. The van der Waals surface area contributed by atoms with Crippen LogP contribution in [0.1, 0.15) is 63.1 Å². The van der Waals surface area contributed by atoms with E-state index in [2.05, 4.69) is 50.8 Å². The molecule has 1 saturated heterocycles. The van der Waals surface area contributed by atoms with Gasteiger partial charge in [0.05, 0.1) is 5.60 Å². The average molecular weight is 313 g/mol. The Morgan fingerprint density at radius 1 is 1.22 bits per heavy atom. The molecule has 2 atom stereocenters. The molecule has 1 N–H and O–H groups in total. The minimum absolute atomic E-state index is 0.256.